The number of hydrogen-bond donors (Lipinski definition) is 1. The highest BCUT2D eigenvalue weighted by Gasteiger charge is 2.36. The Labute approximate surface area is 97.0 Å². The molecule has 6 heteroatoms. The van der Waals surface area contributed by atoms with Gasteiger partial charge in [-0.25, -0.2) is 5.06 Å². The minimum atomic E-state index is -0.723. The highest BCUT2D eigenvalue weighted by Crippen LogP contribution is 2.21. The van der Waals surface area contributed by atoms with Crippen LogP contribution >= 0.6 is 0 Å². The van der Waals surface area contributed by atoms with Crippen molar-refractivity contribution in [1.29, 1.82) is 0 Å². The van der Waals surface area contributed by atoms with Crippen LogP contribution in [-0.4, -0.2) is 46.5 Å². The van der Waals surface area contributed by atoms with Crippen molar-refractivity contribution in [2.24, 2.45) is 0 Å². The molecular formula is C11H10N2O4. The van der Waals surface area contributed by atoms with Crippen LogP contribution < -0.4 is 0 Å². The predicted octanol–water partition coefficient (Wildman–Crippen LogP) is 0.130. The van der Waals surface area contributed by atoms with Crippen molar-refractivity contribution in [2.45, 2.75) is 0 Å². The van der Waals surface area contributed by atoms with Crippen LogP contribution in [0.4, 0.5) is 0 Å². The summed E-state index contributed by atoms with van der Waals surface area (Å²) in [6, 6.07) is 6.35. The average molecular weight is 234 g/mol. The molecular weight excluding hydrogens is 224 g/mol. The van der Waals surface area contributed by atoms with E-state index in [1.54, 1.807) is 12.1 Å². The van der Waals surface area contributed by atoms with E-state index in [1.807, 2.05) is 0 Å². The lowest BCUT2D eigenvalue weighted by Gasteiger charge is -2.15. The van der Waals surface area contributed by atoms with Crippen LogP contribution in [0, 0.1) is 0 Å². The highest BCUT2D eigenvalue weighted by atomic mass is 16.5. The van der Waals surface area contributed by atoms with E-state index in [0.717, 1.165) is 11.9 Å². The van der Waals surface area contributed by atoms with Gasteiger partial charge in [0, 0.05) is 7.05 Å². The molecule has 0 atom stereocenters. The lowest BCUT2D eigenvalue weighted by atomic mass is 10.1. The van der Waals surface area contributed by atoms with Gasteiger partial charge in [-0.2, -0.15) is 0 Å². The summed E-state index contributed by atoms with van der Waals surface area (Å²) in [5.74, 6) is -1.75. The van der Waals surface area contributed by atoms with Crippen molar-refractivity contribution in [3.8, 4) is 0 Å². The maximum absolute atomic E-state index is 11.8. The van der Waals surface area contributed by atoms with E-state index in [9.17, 15) is 14.4 Å². The molecule has 1 heterocycles. The van der Waals surface area contributed by atoms with Crippen LogP contribution in [0.3, 0.4) is 0 Å². The molecule has 0 bridgehead atoms. The molecule has 3 amide bonds. The quantitative estimate of drug-likeness (QED) is 0.448. The van der Waals surface area contributed by atoms with Crippen molar-refractivity contribution < 1.29 is 19.6 Å². The number of likely N-dealkylation sites (N-methyl/N-ethyl adjacent to an activating group) is 1. The summed E-state index contributed by atoms with van der Waals surface area (Å²) >= 11 is 0. The fourth-order valence-electron chi connectivity index (χ4n) is 1.62. The number of hydrogen-bond acceptors (Lipinski definition) is 4. The normalized spacial score (nSPS) is 13.9. The lowest BCUT2D eigenvalue weighted by Crippen LogP contribution is -2.40. The van der Waals surface area contributed by atoms with Crippen molar-refractivity contribution in [1.82, 2.24) is 9.96 Å². The Balaban J connectivity index is 2.28. The first-order valence-electron chi connectivity index (χ1n) is 4.93. The van der Waals surface area contributed by atoms with E-state index in [4.69, 9.17) is 5.21 Å². The fraction of sp³-hybridized carbons (Fsp3) is 0.182. The van der Waals surface area contributed by atoms with Gasteiger partial charge in [0.05, 0.1) is 11.1 Å². The van der Waals surface area contributed by atoms with Crippen LogP contribution in [0.1, 0.15) is 20.7 Å². The van der Waals surface area contributed by atoms with Gasteiger partial charge in [0.15, 0.2) is 0 Å². The molecule has 0 saturated carbocycles. The third-order valence-electron chi connectivity index (χ3n) is 2.53. The molecule has 0 radical (unpaired) electrons. The Bertz CT molecular complexity index is 475. The number of benzene rings is 1. The van der Waals surface area contributed by atoms with Gasteiger partial charge in [0.1, 0.15) is 6.54 Å². The number of imide groups is 1. The van der Waals surface area contributed by atoms with Crippen molar-refractivity contribution >= 4 is 17.7 Å². The van der Waals surface area contributed by atoms with E-state index in [2.05, 4.69) is 0 Å². The van der Waals surface area contributed by atoms with Gasteiger partial charge < -0.3 is 0 Å². The molecule has 0 aromatic heterocycles. The standard InChI is InChI=1S/C11H10N2O4/c1-12(17)9(14)6-13-10(15)7-4-2-3-5-8(7)11(13)16/h2-5,17H,6H2,1H3. The van der Waals surface area contributed by atoms with E-state index in [0.29, 0.717) is 5.06 Å². The summed E-state index contributed by atoms with van der Waals surface area (Å²) in [6.07, 6.45) is 0. The molecule has 0 fully saturated rings. The Kier molecular flexibility index (Phi) is 2.64. The van der Waals surface area contributed by atoms with E-state index in [-0.39, 0.29) is 11.1 Å². The number of hydroxylamine groups is 2. The van der Waals surface area contributed by atoms with Gasteiger partial charge in [0.2, 0.25) is 0 Å². The largest absolute Gasteiger partial charge is 0.286 e. The molecule has 17 heavy (non-hydrogen) atoms. The summed E-state index contributed by atoms with van der Waals surface area (Å²) in [5, 5.41) is 9.26. The van der Waals surface area contributed by atoms with Gasteiger partial charge in [0.25, 0.3) is 17.7 Å². The summed E-state index contributed by atoms with van der Waals surface area (Å²) in [5.41, 5.74) is 0.566. The molecule has 1 N–H and O–H groups in total. The molecule has 1 aliphatic heterocycles. The molecule has 1 aliphatic rings. The van der Waals surface area contributed by atoms with Gasteiger partial charge >= 0.3 is 0 Å². The highest BCUT2D eigenvalue weighted by molar-refractivity contribution is 6.22. The van der Waals surface area contributed by atoms with Gasteiger partial charge in [-0.15, -0.1) is 0 Å². The number of carbonyl (C=O) groups is 3. The minimum absolute atomic E-state index is 0.283. The van der Waals surface area contributed by atoms with Gasteiger partial charge in [-0.1, -0.05) is 12.1 Å². The predicted molar refractivity (Wildman–Crippen MR) is 56.4 cm³/mol. The first-order chi connectivity index (χ1) is 8.02. The Morgan fingerprint density at radius 1 is 1.24 bits per heavy atom. The number of rotatable bonds is 2. The van der Waals surface area contributed by atoms with Crippen molar-refractivity contribution in [3.63, 3.8) is 0 Å². The van der Waals surface area contributed by atoms with Crippen LogP contribution in [-0.2, 0) is 4.79 Å². The zero-order valence-corrected chi connectivity index (χ0v) is 9.08. The molecule has 6 nitrogen and oxygen atoms in total. The molecule has 0 aliphatic carbocycles. The maximum atomic E-state index is 11.8. The van der Waals surface area contributed by atoms with E-state index in [1.165, 1.54) is 12.1 Å². The Morgan fingerprint density at radius 3 is 2.12 bits per heavy atom. The molecule has 2 rings (SSSR count). The van der Waals surface area contributed by atoms with E-state index < -0.39 is 24.3 Å². The summed E-state index contributed by atoms with van der Waals surface area (Å²) in [4.78, 5) is 35.7. The summed E-state index contributed by atoms with van der Waals surface area (Å²) < 4.78 is 0. The second-order valence-electron chi connectivity index (χ2n) is 3.66. The maximum Gasteiger partial charge on any atom is 0.265 e. The third-order valence-corrected chi connectivity index (χ3v) is 2.53. The van der Waals surface area contributed by atoms with Crippen molar-refractivity contribution in [3.05, 3.63) is 35.4 Å². The topological polar surface area (TPSA) is 77.9 Å². The van der Waals surface area contributed by atoms with Crippen LogP contribution in [0.2, 0.25) is 0 Å². The van der Waals surface area contributed by atoms with Crippen LogP contribution in [0.25, 0.3) is 0 Å². The van der Waals surface area contributed by atoms with Crippen LogP contribution in [0.15, 0.2) is 24.3 Å². The number of fused-ring (bicyclic) bond motifs is 1. The van der Waals surface area contributed by atoms with Crippen molar-refractivity contribution in [2.75, 3.05) is 13.6 Å². The second kappa shape index (κ2) is 3.99. The molecule has 0 spiro atoms. The van der Waals surface area contributed by atoms with E-state index >= 15 is 0 Å². The SMILES string of the molecule is CN(O)C(=O)CN1C(=O)c2ccccc2C1=O. The molecule has 1 aromatic rings. The smallest absolute Gasteiger partial charge is 0.265 e. The first-order valence-corrected chi connectivity index (χ1v) is 4.93. The minimum Gasteiger partial charge on any atom is -0.286 e. The molecule has 0 saturated heterocycles. The first kappa shape index (κ1) is 11.3. The number of nitrogens with zero attached hydrogens (tertiary/aromatic N) is 2. The summed E-state index contributed by atoms with van der Waals surface area (Å²) in [6.45, 7) is -0.459. The average Bonchev–Trinajstić information content (AvgIpc) is 2.55. The molecule has 0 unspecified atom stereocenters. The number of amides is 3. The fourth-order valence-corrected chi connectivity index (χ4v) is 1.62. The van der Waals surface area contributed by atoms with Crippen LogP contribution in [0.5, 0.6) is 0 Å². The zero-order valence-electron chi connectivity index (χ0n) is 9.08. The lowest BCUT2D eigenvalue weighted by molar-refractivity contribution is -0.159. The molecule has 88 valence electrons. The Morgan fingerprint density at radius 2 is 1.71 bits per heavy atom. The van der Waals surface area contributed by atoms with Gasteiger partial charge in [-0.05, 0) is 12.1 Å². The molecule has 1 aromatic carbocycles. The second-order valence-corrected chi connectivity index (χ2v) is 3.66. The third kappa shape index (κ3) is 1.78. The van der Waals surface area contributed by atoms with Gasteiger partial charge in [-0.3, -0.25) is 24.5 Å². The Hall–Kier alpha value is -2.21. The summed E-state index contributed by atoms with van der Waals surface area (Å²) in [7, 11) is 1.14. The zero-order chi connectivity index (χ0) is 12.6. The monoisotopic (exact) mass is 234 g/mol. The number of carbonyl (C=O) groups excluding carboxylic acids is 3.